The number of rotatable bonds is 8. The van der Waals surface area contributed by atoms with Gasteiger partial charge < -0.3 is 14.4 Å². The maximum atomic E-state index is 5.77. The standard InChI is InChI=1S/C40H33N3O2/c1-44-36-25-30-24-35(27-18-19-27)43-40(34(30)26-37(36)45-2)38(28-12-6-3-7-13-28)39(41-43)29-20-22-33(23-21-29)42(31-14-8-4-9-15-31)32-16-10-5-11-17-32/h3-17,20-27H,18-19H2,1-2H3. The van der Waals surface area contributed by atoms with Gasteiger partial charge in [0.05, 0.1) is 19.7 Å². The molecule has 5 heteroatoms. The van der Waals surface area contributed by atoms with Crippen molar-refractivity contribution in [3.63, 3.8) is 0 Å². The number of ether oxygens (including phenoxy) is 2. The summed E-state index contributed by atoms with van der Waals surface area (Å²) < 4.78 is 13.7. The normalized spacial score (nSPS) is 12.8. The van der Waals surface area contributed by atoms with Gasteiger partial charge >= 0.3 is 0 Å². The van der Waals surface area contributed by atoms with Crippen LogP contribution in [0.4, 0.5) is 17.1 Å². The molecule has 0 N–H and O–H groups in total. The number of hydrogen-bond donors (Lipinski definition) is 0. The highest BCUT2D eigenvalue weighted by molar-refractivity contribution is 6.08. The van der Waals surface area contributed by atoms with E-state index < -0.39 is 0 Å². The Bertz CT molecular complexity index is 2080. The molecule has 5 nitrogen and oxygen atoms in total. The van der Waals surface area contributed by atoms with Crippen LogP contribution in [0.5, 0.6) is 11.5 Å². The number of nitrogens with zero attached hydrogens (tertiary/aromatic N) is 3. The number of methoxy groups -OCH3 is 2. The molecule has 1 saturated carbocycles. The van der Waals surface area contributed by atoms with Crippen LogP contribution >= 0.6 is 0 Å². The molecule has 8 rings (SSSR count). The fourth-order valence-corrected chi connectivity index (χ4v) is 6.41. The van der Waals surface area contributed by atoms with Crippen molar-refractivity contribution in [3.8, 4) is 33.9 Å². The molecule has 7 aromatic rings. The van der Waals surface area contributed by atoms with E-state index in [-0.39, 0.29) is 0 Å². The summed E-state index contributed by atoms with van der Waals surface area (Å²) >= 11 is 0. The fourth-order valence-electron chi connectivity index (χ4n) is 6.41. The average Bonchev–Trinajstić information content (AvgIpc) is 3.88. The Hall–Kier alpha value is -5.55. The average molecular weight is 588 g/mol. The largest absolute Gasteiger partial charge is 0.493 e. The van der Waals surface area contributed by atoms with E-state index >= 15 is 0 Å². The Morgan fingerprint density at radius 2 is 1.18 bits per heavy atom. The molecule has 0 aliphatic heterocycles. The molecule has 1 fully saturated rings. The predicted octanol–water partition coefficient (Wildman–Crippen LogP) is 10.2. The van der Waals surface area contributed by atoms with E-state index in [1.165, 1.54) is 18.5 Å². The van der Waals surface area contributed by atoms with E-state index in [9.17, 15) is 0 Å². The van der Waals surface area contributed by atoms with Crippen molar-refractivity contribution >= 4 is 33.4 Å². The summed E-state index contributed by atoms with van der Waals surface area (Å²) in [5.41, 5.74) is 9.91. The van der Waals surface area contributed by atoms with Crippen LogP contribution in [0.1, 0.15) is 24.5 Å². The number of hydrogen-bond acceptors (Lipinski definition) is 4. The van der Waals surface area contributed by atoms with Gasteiger partial charge in [0.25, 0.3) is 0 Å². The van der Waals surface area contributed by atoms with Crippen molar-refractivity contribution in [2.75, 3.05) is 19.1 Å². The zero-order valence-electron chi connectivity index (χ0n) is 25.4. The molecule has 5 aromatic carbocycles. The smallest absolute Gasteiger partial charge is 0.161 e. The zero-order chi connectivity index (χ0) is 30.3. The van der Waals surface area contributed by atoms with E-state index in [0.29, 0.717) is 11.7 Å². The third-order valence-corrected chi connectivity index (χ3v) is 8.73. The summed E-state index contributed by atoms with van der Waals surface area (Å²) in [5.74, 6) is 1.93. The molecule has 220 valence electrons. The minimum Gasteiger partial charge on any atom is -0.493 e. The molecular weight excluding hydrogens is 554 g/mol. The number of para-hydroxylation sites is 2. The van der Waals surface area contributed by atoms with Crippen LogP contribution in [0.2, 0.25) is 0 Å². The van der Waals surface area contributed by atoms with Gasteiger partial charge in [-0.05, 0) is 78.4 Å². The third-order valence-electron chi connectivity index (χ3n) is 8.73. The van der Waals surface area contributed by atoms with Crippen molar-refractivity contribution in [1.29, 1.82) is 0 Å². The first-order valence-corrected chi connectivity index (χ1v) is 15.4. The second-order valence-electron chi connectivity index (χ2n) is 11.5. The van der Waals surface area contributed by atoms with E-state index in [1.54, 1.807) is 14.2 Å². The highest BCUT2D eigenvalue weighted by Gasteiger charge is 2.30. The fraction of sp³-hybridized carbons (Fsp3) is 0.125. The van der Waals surface area contributed by atoms with Crippen LogP contribution in [0.25, 0.3) is 38.7 Å². The lowest BCUT2D eigenvalue weighted by atomic mass is 9.96. The lowest BCUT2D eigenvalue weighted by Crippen LogP contribution is -2.09. The lowest BCUT2D eigenvalue weighted by molar-refractivity contribution is 0.356. The van der Waals surface area contributed by atoms with Gasteiger partial charge in [-0.3, -0.25) is 0 Å². The maximum Gasteiger partial charge on any atom is 0.161 e. The highest BCUT2D eigenvalue weighted by atomic mass is 16.5. The Morgan fingerprint density at radius 3 is 1.76 bits per heavy atom. The van der Waals surface area contributed by atoms with E-state index in [1.807, 2.05) is 0 Å². The molecule has 45 heavy (non-hydrogen) atoms. The van der Waals surface area contributed by atoms with Crippen LogP contribution < -0.4 is 14.4 Å². The molecule has 0 spiro atoms. The van der Waals surface area contributed by atoms with Crippen LogP contribution in [0.3, 0.4) is 0 Å². The summed E-state index contributed by atoms with van der Waals surface area (Å²) in [5, 5.41) is 7.61. The van der Waals surface area contributed by atoms with Gasteiger partial charge in [0.15, 0.2) is 11.5 Å². The minimum absolute atomic E-state index is 0.494. The van der Waals surface area contributed by atoms with Gasteiger partial charge in [-0.1, -0.05) is 78.9 Å². The molecule has 0 unspecified atom stereocenters. The van der Waals surface area contributed by atoms with Crippen molar-refractivity contribution in [1.82, 2.24) is 9.61 Å². The monoisotopic (exact) mass is 587 g/mol. The molecule has 0 radical (unpaired) electrons. The number of anilines is 3. The molecule has 1 aliphatic rings. The number of fused-ring (bicyclic) bond motifs is 3. The summed E-state index contributed by atoms with van der Waals surface area (Å²) in [6.45, 7) is 0. The summed E-state index contributed by atoms with van der Waals surface area (Å²) in [6, 6.07) is 46.9. The van der Waals surface area contributed by atoms with Gasteiger partial charge in [-0.25, -0.2) is 4.52 Å². The SMILES string of the molecule is COc1cc2cc(C3CC3)n3nc(-c4ccc(N(c5ccccc5)c5ccccc5)cc4)c(-c4ccccc4)c3c2cc1OC. The molecule has 0 atom stereocenters. The first-order chi connectivity index (χ1) is 22.2. The van der Waals surface area contributed by atoms with E-state index in [2.05, 4.69) is 143 Å². The van der Waals surface area contributed by atoms with Gasteiger partial charge in [-0.15, -0.1) is 0 Å². The maximum absolute atomic E-state index is 5.77. The molecule has 2 aromatic heterocycles. The topological polar surface area (TPSA) is 39.0 Å². The second-order valence-corrected chi connectivity index (χ2v) is 11.5. The molecule has 2 heterocycles. The molecule has 0 bridgehead atoms. The lowest BCUT2D eigenvalue weighted by Gasteiger charge is -2.25. The van der Waals surface area contributed by atoms with Gasteiger partial charge in [0.2, 0.25) is 0 Å². The van der Waals surface area contributed by atoms with Gasteiger partial charge in [0.1, 0.15) is 5.69 Å². The Labute approximate surface area is 262 Å². The molecule has 0 amide bonds. The van der Waals surface area contributed by atoms with Crippen LogP contribution in [0, 0.1) is 0 Å². The van der Waals surface area contributed by atoms with E-state index in [4.69, 9.17) is 14.6 Å². The first kappa shape index (κ1) is 27.0. The molecule has 0 saturated heterocycles. The van der Waals surface area contributed by atoms with Gasteiger partial charge in [-0.2, -0.15) is 5.10 Å². The predicted molar refractivity (Wildman–Crippen MR) is 183 cm³/mol. The van der Waals surface area contributed by atoms with Crippen LogP contribution in [-0.4, -0.2) is 23.8 Å². The van der Waals surface area contributed by atoms with Crippen molar-refractivity contribution in [2.45, 2.75) is 18.8 Å². The molecule has 1 aliphatic carbocycles. The van der Waals surface area contributed by atoms with Crippen molar-refractivity contribution in [2.24, 2.45) is 0 Å². The summed E-state index contributed by atoms with van der Waals surface area (Å²) in [6.07, 6.45) is 2.35. The van der Waals surface area contributed by atoms with Gasteiger partial charge in [0, 0.05) is 45.2 Å². The Balaban J connectivity index is 1.36. The quantitative estimate of drug-likeness (QED) is 0.177. The first-order valence-electron chi connectivity index (χ1n) is 15.4. The minimum atomic E-state index is 0.494. The van der Waals surface area contributed by atoms with E-state index in [0.717, 1.165) is 61.5 Å². The zero-order valence-corrected chi connectivity index (χ0v) is 25.4. The Morgan fingerprint density at radius 1 is 0.622 bits per heavy atom. The highest BCUT2D eigenvalue weighted by Crippen LogP contribution is 2.47. The number of aromatic nitrogens is 2. The number of benzene rings is 5. The number of pyridine rings is 1. The molecular formula is C40H33N3O2. The third kappa shape index (κ3) is 4.77. The van der Waals surface area contributed by atoms with Crippen LogP contribution in [0.15, 0.2) is 133 Å². The second kappa shape index (κ2) is 11.2. The summed E-state index contributed by atoms with van der Waals surface area (Å²) in [7, 11) is 3.38. The van der Waals surface area contributed by atoms with Crippen molar-refractivity contribution in [3.05, 3.63) is 139 Å². The summed E-state index contributed by atoms with van der Waals surface area (Å²) in [4.78, 5) is 2.28. The van der Waals surface area contributed by atoms with Crippen molar-refractivity contribution < 1.29 is 9.47 Å². The van der Waals surface area contributed by atoms with Crippen LogP contribution in [-0.2, 0) is 0 Å². The Kier molecular flexibility index (Phi) is 6.72.